The van der Waals surface area contributed by atoms with Gasteiger partial charge in [-0.15, -0.1) is 0 Å². The smallest absolute Gasteiger partial charge is 0.246 e. The second-order valence-electron chi connectivity index (χ2n) is 8.04. The van der Waals surface area contributed by atoms with E-state index in [0.29, 0.717) is 0 Å². The van der Waals surface area contributed by atoms with Crippen LogP contribution in [0.3, 0.4) is 0 Å². The Morgan fingerprint density at radius 1 is 1.10 bits per heavy atom. The maximum absolute atomic E-state index is 14.5. The molecule has 1 saturated carbocycles. The Morgan fingerprint density at radius 3 is 2.33 bits per heavy atom. The van der Waals surface area contributed by atoms with E-state index >= 15 is 0 Å². The average Bonchev–Trinajstić information content (AvgIpc) is 2.73. The Morgan fingerprint density at radius 2 is 1.73 bits per heavy atom. The van der Waals surface area contributed by atoms with Gasteiger partial charge in [0.15, 0.2) is 17.9 Å². The molecule has 1 fully saturated rings. The van der Waals surface area contributed by atoms with Crippen LogP contribution in [0.4, 0.5) is 13.2 Å². The van der Waals surface area contributed by atoms with Crippen LogP contribution in [0.1, 0.15) is 48.7 Å². The molecule has 2 aromatic carbocycles. The summed E-state index contributed by atoms with van der Waals surface area (Å²) in [6, 6.07) is 12.3. The van der Waals surface area contributed by atoms with Gasteiger partial charge in [-0.05, 0) is 63.9 Å². The van der Waals surface area contributed by atoms with Crippen LogP contribution in [0.25, 0.3) is 0 Å². The van der Waals surface area contributed by atoms with E-state index in [0.717, 1.165) is 43.4 Å². The Bertz CT molecular complexity index is 931. The van der Waals surface area contributed by atoms with Crippen LogP contribution in [-0.4, -0.2) is 24.9 Å². The molecule has 2 aromatic rings. The van der Waals surface area contributed by atoms with Crippen molar-refractivity contribution in [2.45, 2.75) is 44.4 Å². The maximum atomic E-state index is 14.5. The third-order valence-electron chi connectivity index (χ3n) is 6.14. The zero-order valence-corrected chi connectivity index (χ0v) is 17.5. The number of hydrogen-bond donors (Lipinski definition) is 1. The summed E-state index contributed by atoms with van der Waals surface area (Å²) in [5, 5.41) is 2.22. The van der Waals surface area contributed by atoms with E-state index in [-0.39, 0.29) is 16.7 Å². The number of halogens is 3. The van der Waals surface area contributed by atoms with E-state index < -0.39 is 23.8 Å². The molecule has 1 aliphatic carbocycles. The van der Waals surface area contributed by atoms with E-state index in [1.807, 2.05) is 18.2 Å². The summed E-state index contributed by atoms with van der Waals surface area (Å²) >= 11 is 0. The molecule has 3 nitrogen and oxygen atoms in total. The van der Waals surface area contributed by atoms with Crippen LogP contribution in [0.5, 0.6) is 0 Å². The fourth-order valence-corrected chi connectivity index (χ4v) is 4.24. The zero-order valence-electron chi connectivity index (χ0n) is 17.5. The molecule has 1 unspecified atom stereocenters. The second-order valence-corrected chi connectivity index (χ2v) is 8.04. The number of hydrogen-bond acceptors (Lipinski definition) is 2. The van der Waals surface area contributed by atoms with E-state index in [9.17, 15) is 18.0 Å². The second kappa shape index (κ2) is 9.04. The lowest BCUT2D eigenvalue weighted by molar-refractivity contribution is -0.118. The van der Waals surface area contributed by atoms with Gasteiger partial charge in [-0.3, -0.25) is 9.69 Å². The maximum Gasteiger partial charge on any atom is 0.246 e. The van der Waals surface area contributed by atoms with Gasteiger partial charge in [0, 0.05) is 17.2 Å². The minimum Gasteiger partial charge on any atom is -0.319 e. The zero-order chi connectivity index (χ0) is 21.9. The third-order valence-corrected chi connectivity index (χ3v) is 6.14. The highest BCUT2D eigenvalue weighted by atomic mass is 19.2. The first-order chi connectivity index (χ1) is 14.2. The summed E-state index contributed by atoms with van der Waals surface area (Å²) < 4.78 is 41.4. The standard InChI is InChI=1S/C24H27F3N2O/c1-16-19(9-10-20(25)22(16)26)23(27)28-21(30)15-17-11-13-24(14-12-17,29(2)3)18-7-5-4-6-8-18/h4-10,15,23H,11-14H2,1-3H3,(H,28,30). The van der Waals surface area contributed by atoms with Crippen LogP contribution in [-0.2, 0) is 10.3 Å². The molecule has 0 aromatic heterocycles. The molecular weight excluding hydrogens is 389 g/mol. The fraction of sp³-hybridized carbons (Fsp3) is 0.375. The van der Waals surface area contributed by atoms with Gasteiger partial charge in [-0.2, -0.15) is 0 Å². The number of benzene rings is 2. The number of carbonyl (C=O) groups is 1. The summed E-state index contributed by atoms with van der Waals surface area (Å²) in [6.45, 7) is 1.29. The minimum atomic E-state index is -1.90. The minimum absolute atomic E-state index is 0.0833. The Balaban J connectivity index is 1.67. The van der Waals surface area contributed by atoms with Crippen molar-refractivity contribution in [3.8, 4) is 0 Å². The first-order valence-electron chi connectivity index (χ1n) is 10.1. The van der Waals surface area contributed by atoms with Crippen LogP contribution in [0, 0.1) is 18.6 Å². The van der Waals surface area contributed by atoms with Crippen LogP contribution in [0.15, 0.2) is 54.1 Å². The summed E-state index contributed by atoms with van der Waals surface area (Å²) in [5.74, 6) is -2.71. The van der Waals surface area contributed by atoms with Gasteiger partial charge in [-0.25, -0.2) is 13.2 Å². The molecule has 30 heavy (non-hydrogen) atoms. The summed E-state index contributed by atoms with van der Waals surface area (Å²) in [5.41, 5.74) is 1.87. The van der Waals surface area contributed by atoms with Gasteiger partial charge >= 0.3 is 0 Å². The van der Waals surface area contributed by atoms with Crippen LogP contribution < -0.4 is 5.32 Å². The van der Waals surface area contributed by atoms with Crippen LogP contribution in [0.2, 0.25) is 0 Å². The van der Waals surface area contributed by atoms with Crippen molar-refractivity contribution < 1.29 is 18.0 Å². The van der Waals surface area contributed by atoms with E-state index in [1.165, 1.54) is 18.6 Å². The molecule has 1 N–H and O–H groups in total. The quantitative estimate of drug-likeness (QED) is 0.529. The summed E-state index contributed by atoms with van der Waals surface area (Å²) in [4.78, 5) is 14.5. The highest BCUT2D eigenvalue weighted by Crippen LogP contribution is 2.42. The number of nitrogens with one attached hydrogen (secondary N) is 1. The molecule has 0 heterocycles. The number of carbonyl (C=O) groups excluding carboxylic acids is 1. The number of nitrogens with zero attached hydrogens (tertiary/aromatic N) is 1. The van der Waals surface area contributed by atoms with Crippen molar-refractivity contribution in [1.29, 1.82) is 0 Å². The lowest BCUT2D eigenvalue weighted by Crippen LogP contribution is -2.43. The van der Waals surface area contributed by atoms with Gasteiger partial charge in [0.2, 0.25) is 5.91 Å². The molecular formula is C24H27F3N2O. The van der Waals surface area contributed by atoms with Gasteiger partial charge in [0.05, 0.1) is 0 Å². The SMILES string of the molecule is Cc1c(C(F)NC(=O)C=C2CCC(c3ccccc3)(N(C)C)CC2)ccc(F)c1F. The number of amides is 1. The van der Waals surface area contributed by atoms with Crippen molar-refractivity contribution in [2.75, 3.05) is 14.1 Å². The molecule has 3 rings (SSSR count). The topological polar surface area (TPSA) is 32.3 Å². The Labute approximate surface area is 175 Å². The lowest BCUT2D eigenvalue weighted by Gasteiger charge is -2.44. The predicted molar refractivity (Wildman–Crippen MR) is 111 cm³/mol. The van der Waals surface area contributed by atoms with Gasteiger partial charge in [0.1, 0.15) is 0 Å². The summed E-state index contributed by atoms with van der Waals surface area (Å²) in [6.07, 6.45) is 2.68. The van der Waals surface area contributed by atoms with Crippen molar-refractivity contribution in [1.82, 2.24) is 10.2 Å². The number of alkyl halides is 1. The molecule has 160 valence electrons. The van der Waals surface area contributed by atoms with Crippen molar-refractivity contribution in [3.63, 3.8) is 0 Å². The highest BCUT2D eigenvalue weighted by molar-refractivity contribution is 5.88. The predicted octanol–water partition coefficient (Wildman–Crippen LogP) is 5.32. The average molecular weight is 416 g/mol. The normalized spacial score (nSPS) is 20.2. The first-order valence-corrected chi connectivity index (χ1v) is 10.1. The monoisotopic (exact) mass is 416 g/mol. The molecule has 0 aliphatic heterocycles. The molecule has 1 amide bonds. The van der Waals surface area contributed by atoms with Crippen molar-refractivity contribution >= 4 is 5.91 Å². The Hall–Kier alpha value is -2.60. The fourth-order valence-electron chi connectivity index (χ4n) is 4.24. The molecule has 1 atom stereocenters. The molecule has 0 radical (unpaired) electrons. The van der Waals surface area contributed by atoms with Crippen molar-refractivity contribution in [2.24, 2.45) is 0 Å². The van der Waals surface area contributed by atoms with E-state index in [2.05, 4.69) is 36.4 Å². The molecule has 1 aliphatic rings. The molecule has 0 saturated heterocycles. The molecule has 6 heteroatoms. The lowest BCUT2D eigenvalue weighted by atomic mass is 9.74. The van der Waals surface area contributed by atoms with E-state index in [1.54, 1.807) is 0 Å². The third kappa shape index (κ3) is 4.43. The number of rotatable bonds is 5. The molecule has 0 bridgehead atoms. The van der Waals surface area contributed by atoms with E-state index in [4.69, 9.17) is 0 Å². The van der Waals surface area contributed by atoms with Gasteiger partial charge in [-0.1, -0.05) is 42.0 Å². The first kappa shape index (κ1) is 22.1. The number of allylic oxidation sites excluding steroid dienone is 1. The Kier molecular flexibility index (Phi) is 6.66. The summed E-state index contributed by atoms with van der Waals surface area (Å²) in [7, 11) is 4.12. The largest absolute Gasteiger partial charge is 0.319 e. The highest BCUT2D eigenvalue weighted by Gasteiger charge is 2.37. The van der Waals surface area contributed by atoms with Gasteiger partial charge in [0.25, 0.3) is 0 Å². The van der Waals surface area contributed by atoms with Crippen molar-refractivity contribution in [3.05, 3.63) is 82.4 Å². The molecule has 0 spiro atoms. The van der Waals surface area contributed by atoms with Crippen LogP contribution >= 0.6 is 0 Å². The van der Waals surface area contributed by atoms with Gasteiger partial charge < -0.3 is 5.32 Å².